The maximum absolute atomic E-state index is 6.06. The molecule has 4 nitrogen and oxygen atoms in total. The van der Waals surface area contributed by atoms with Crippen molar-refractivity contribution in [2.75, 3.05) is 12.4 Å². The Balaban J connectivity index is 2.42. The summed E-state index contributed by atoms with van der Waals surface area (Å²) in [6.45, 7) is 0. The molecule has 0 amide bonds. The molecule has 0 bridgehead atoms. The number of nitrogens with zero attached hydrogens (tertiary/aromatic N) is 2. The van der Waals surface area contributed by atoms with E-state index in [0.717, 1.165) is 0 Å². The maximum atomic E-state index is 6.06. The van der Waals surface area contributed by atoms with Crippen LogP contribution in [0.25, 0.3) is 0 Å². The first-order chi connectivity index (χ1) is 9.02. The van der Waals surface area contributed by atoms with E-state index in [1.165, 1.54) is 19.5 Å². The molecule has 1 aromatic carbocycles. The van der Waals surface area contributed by atoms with E-state index in [1.807, 2.05) is 0 Å². The highest BCUT2D eigenvalue weighted by molar-refractivity contribution is 6.44. The van der Waals surface area contributed by atoms with E-state index in [0.29, 0.717) is 32.3 Å². The Labute approximate surface area is 129 Å². The van der Waals surface area contributed by atoms with Crippen LogP contribution >= 0.6 is 46.4 Å². The molecule has 0 aliphatic carbocycles. The predicted octanol–water partition coefficient (Wildman–Crippen LogP) is 4.84. The second-order valence-corrected chi connectivity index (χ2v) is 5.00. The highest BCUT2D eigenvalue weighted by atomic mass is 35.5. The van der Waals surface area contributed by atoms with Crippen molar-refractivity contribution in [1.82, 2.24) is 9.97 Å². The maximum Gasteiger partial charge on any atom is 0.199 e. The minimum atomic E-state index is 0.191. The van der Waals surface area contributed by atoms with Crippen LogP contribution in [0, 0.1) is 0 Å². The molecular weight excluding hydrogens is 332 g/mol. The Bertz CT molecular complexity index is 621. The quantitative estimate of drug-likeness (QED) is 0.642. The molecule has 1 aromatic heterocycles. The van der Waals surface area contributed by atoms with Crippen molar-refractivity contribution in [3.8, 4) is 5.75 Å². The molecule has 2 aromatic rings. The van der Waals surface area contributed by atoms with Crippen LogP contribution in [0.1, 0.15) is 0 Å². The number of ether oxygens (including phenoxy) is 1. The van der Waals surface area contributed by atoms with E-state index >= 15 is 0 Å². The summed E-state index contributed by atoms with van der Waals surface area (Å²) < 4.78 is 5.12. The standard InChI is InChI=1S/C11H7Cl4N3O/c1-19-9-10(15)16-4-17-11(9)18-8-3-6(13)5(12)2-7(8)14/h2-4H,1H3,(H,16,17,18). The molecule has 0 fully saturated rings. The molecule has 1 N–H and O–H groups in total. The Hall–Kier alpha value is -0.940. The average molecular weight is 339 g/mol. The van der Waals surface area contributed by atoms with Crippen LogP contribution < -0.4 is 10.1 Å². The molecule has 0 radical (unpaired) electrons. The van der Waals surface area contributed by atoms with Crippen molar-refractivity contribution < 1.29 is 4.74 Å². The molecule has 100 valence electrons. The molecule has 0 unspecified atom stereocenters. The van der Waals surface area contributed by atoms with E-state index < -0.39 is 0 Å². The van der Waals surface area contributed by atoms with Gasteiger partial charge in [-0.05, 0) is 12.1 Å². The fourth-order valence-electron chi connectivity index (χ4n) is 1.37. The summed E-state index contributed by atoms with van der Waals surface area (Å²) in [6.07, 6.45) is 1.30. The zero-order valence-corrected chi connectivity index (χ0v) is 12.6. The van der Waals surface area contributed by atoms with Crippen LogP contribution in [-0.4, -0.2) is 17.1 Å². The van der Waals surface area contributed by atoms with Crippen LogP contribution in [0.3, 0.4) is 0 Å². The zero-order chi connectivity index (χ0) is 14.0. The largest absolute Gasteiger partial charge is 0.490 e. The van der Waals surface area contributed by atoms with Crippen molar-refractivity contribution in [3.05, 3.63) is 38.7 Å². The normalized spacial score (nSPS) is 10.4. The summed E-state index contributed by atoms with van der Waals surface area (Å²) >= 11 is 23.8. The van der Waals surface area contributed by atoms with Gasteiger partial charge in [-0.1, -0.05) is 46.4 Å². The van der Waals surface area contributed by atoms with Gasteiger partial charge in [-0.2, -0.15) is 0 Å². The van der Waals surface area contributed by atoms with Crippen molar-refractivity contribution >= 4 is 57.9 Å². The van der Waals surface area contributed by atoms with Gasteiger partial charge in [0.25, 0.3) is 0 Å². The van der Waals surface area contributed by atoms with Crippen LogP contribution in [0.15, 0.2) is 18.5 Å². The second-order valence-electron chi connectivity index (χ2n) is 3.42. The first-order valence-electron chi connectivity index (χ1n) is 4.99. The minimum Gasteiger partial charge on any atom is -0.490 e. The Morgan fingerprint density at radius 3 is 2.37 bits per heavy atom. The monoisotopic (exact) mass is 337 g/mol. The summed E-state index contributed by atoms with van der Waals surface area (Å²) in [4.78, 5) is 7.85. The lowest BCUT2D eigenvalue weighted by Crippen LogP contribution is -2.00. The minimum absolute atomic E-state index is 0.191. The van der Waals surface area contributed by atoms with Gasteiger partial charge in [0.05, 0.1) is 27.9 Å². The number of halogens is 4. The summed E-state index contributed by atoms with van der Waals surface area (Å²) in [5, 5.41) is 4.28. The van der Waals surface area contributed by atoms with E-state index in [9.17, 15) is 0 Å². The molecule has 8 heteroatoms. The van der Waals surface area contributed by atoms with Gasteiger partial charge >= 0.3 is 0 Å². The number of aromatic nitrogens is 2. The number of hydrogen-bond donors (Lipinski definition) is 1. The Morgan fingerprint density at radius 1 is 1.00 bits per heavy atom. The molecule has 1 heterocycles. The number of methoxy groups -OCH3 is 1. The molecule has 0 saturated heterocycles. The molecule has 0 atom stereocenters. The number of nitrogens with one attached hydrogen (secondary N) is 1. The van der Waals surface area contributed by atoms with E-state index in [4.69, 9.17) is 51.1 Å². The zero-order valence-electron chi connectivity index (χ0n) is 9.55. The average Bonchev–Trinajstić information content (AvgIpc) is 2.36. The molecule has 0 saturated carbocycles. The SMILES string of the molecule is COc1c(Cl)ncnc1Nc1cc(Cl)c(Cl)cc1Cl. The second kappa shape index (κ2) is 6.01. The van der Waals surface area contributed by atoms with Crippen LogP contribution in [0.2, 0.25) is 20.2 Å². The van der Waals surface area contributed by atoms with E-state index in [2.05, 4.69) is 15.3 Å². The van der Waals surface area contributed by atoms with Crippen molar-refractivity contribution in [3.63, 3.8) is 0 Å². The summed E-state index contributed by atoms with van der Waals surface area (Å²) in [5.41, 5.74) is 0.532. The van der Waals surface area contributed by atoms with Crippen LogP contribution in [0.5, 0.6) is 5.75 Å². The van der Waals surface area contributed by atoms with Gasteiger partial charge in [0.2, 0.25) is 0 Å². The van der Waals surface area contributed by atoms with Gasteiger partial charge in [0.1, 0.15) is 6.33 Å². The summed E-state index contributed by atoms with van der Waals surface area (Å²) in [6, 6.07) is 3.12. The summed E-state index contributed by atoms with van der Waals surface area (Å²) in [5.74, 6) is 0.689. The van der Waals surface area contributed by atoms with Gasteiger partial charge < -0.3 is 10.1 Å². The Morgan fingerprint density at radius 2 is 1.68 bits per heavy atom. The van der Waals surface area contributed by atoms with Gasteiger partial charge in [-0.25, -0.2) is 9.97 Å². The molecule has 0 aliphatic rings. The fourth-order valence-corrected chi connectivity index (χ4v) is 2.17. The number of benzene rings is 1. The van der Waals surface area contributed by atoms with Gasteiger partial charge in [0.15, 0.2) is 16.7 Å². The lowest BCUT2D eigenvalue weighted by atomic mass is 10.3. The molecular formula is C11H7Cl4N3O. The van der Waals surface area contributed by atoms with E-state index in [1.54, 1.807) is 6.07 Å². The van der Waals surface area contributed by atoms with Gasteiger partial charge in [-0.15, -0.1) is 0 Å². The topological polar surface area (TPSA) is 47.0 Å². The lowest BCUT2D eigenvalue weighted by molar-refractivity contribution is 0.413. The number of anilines is 2. The Kier molecular flexibility index (Phi) is 4.58. The first-order valence-corrected chi connectivity index (χ1v) is 6.50. The molecule has 0 spiro atoms. The third-order valence-corrected chi connectivity index (χ3v) is 3.53. The van der Waals surface area contributed by atoms with Crippen molar-refractivity contribution in [1.29, 1.82) is 0 Å². The predicted molar refractivity (Wildman–Crippen MR) is 78.3 cm³/mol. The third-order valence-electron chi connectivity index (χ3n) is 2.23. The highest BCUT2D eigenvalue weighted by Crippen LogP contribution is 2.36. The third kappa shape index (κ3) is 3.15. The summed E-state index contributed by atoms with van der Waals surface area (Å²) in [7, 11) is 1.46. The molecule has 2 rings (SSSR count). The van der Waals surface area contributed by atoms with E-state index in [-0.39, 0.29) is 5.15 Å². The van der Waals surface area contributed by atoms with Crippen LogP contribution in [-0.2, 0) is 0 Å². The number of rotatable bonds is 3. The molecule has 0 aliphatic heterocycles. The van der Waals surface area contributed by atoms with Crippen LogP contribution in [0.4, 0.5) is 11.5 Å². The van der Waals surface area contributed by atoms with Crippen molar-refractivity contribution in [2.45, 2.75) is 0 Å². The lowest BCUT2D eigenvalue weighted by Gasteiger charge is -2.12. The van der Waals surface area contributed by atoms with Crippen molar-refractivity contribution in [2.24, 2.45) is 0 Å². The smallest absolute Gasteiger partial charge is 0.199 e. The van der Waals surface area contributed by atoms with Gasteiger partial charge in [-0.3, -0.25) is 0 Å². The van der Waals surface area contributed by atoms with Gasteiger partial charge in [0, 0.05) is 0 Å². The molecule has 19 heavy (non-hydrogen) atoms. The fraction of sp³-hybridized carbons (Fsp3) is 0.0909. The first kappa shape index (κ1) is 14.5. The number of hydrogen-bond acceptors (Lipinski definition) is 4. The highest BCUT2D eigenvalue weighted by Gasteiger charge is 2.13.